The van der Waals surface area contributed by atoms with Gasteiger partial charge in [0.2, 0.25) is 0 Å². The minimum atomic E-state index is -0.306. The summed E-state index contributed by atoms with van der Waals surface area (Å²) >= 11 is 0. The van der Waals surface area contributed by atoms with Gasteiger partial charge in [0.15, 0.2) is 0 Å². The molecule has 0 bridgehead atoms. The Morgan fingerprint density at radius 2 is 1.33 bits per heavy atom. The maximum atomic E-state index is 8.43. The summed E-state index contributed by atoms with van der Waals surface area (Å²) in [5.41, 5.74) is -0.306. The van der Waals surface area contributed by atoms with Gasteiger partial charge in [0.05, 0.1) is 13.2 Å². The molecule has 3 heteroatoms. The van der Waals surface area contributed by atoms with Crippen molar-refractivity contribution in [1.82, 2.24) is 5.32 Å². The van der Waals surface area contributed by atoms with Gasteiger partial charge < -0.3 is 15.5 Å². The van der Waals surface area contributed by atoms with Gasteiger partial charge in [-0.05, 0) is 13.1 Å². The second-order valence-corrected chi connectivity index (χ2v) is 3.44. The number of rotatable bonds is 4. The number of hydrogen-bond donors (Lipinski definition) is 3. The van der Waals surface area contributed by atoms with E-state index in [0.717, 1.165) is 13.1 Å². The Hall–Kier alpha value is -0.120. The summed E-state index contributed by atoms with van der Waals surface area (Å²) in [6.45, 7) is 10.1. The van der Waals surface area contributed by atoms with Crippen LogP contribution in [0.1, 0.15) is 27.7 Å². The summed E-state index contributed by atoms with van der Waals surface area (Å²) in [6, 6.07) is 0. The van der Waals surface area contributed by atoms with E-state index in [1.165, 1.54) is 0 Å². The maximum absolute atomic E-state index is 8.43. The van der Waals surface area contributed by atoms with Crippen LogP contribution in [0, 0.1) is 5.41 Å². The third-order valence-corrected chi connectivity index (χ3v) is 1.36. The Kier molecular flexibility index (Phi) is 10.8. The molecule has 0 fully saturated rings. The van der Waals surface area contributed by atoms with Crippen LogP contribution in [0.3, 0.4) is 0 Å². The Morgan fingerprint density at radius 3 is 1.33 bits per heavy atom. The predicted molar refractivity (Wildman–Crippen MR) is 52.2 cm³/mol. The third kappa shape index (κ3) is 12.5. The molecule has 0 saturated heterocycles. The Balaban J connectivity index is 0. The Morgan fingerprint density at radius 1 is 1.00 bits per heavy atom. The molecule has 0 aliphatic heterocycles. The van der Waals surface area contributed by atoms with E-state index in [2.05, 4.69) is 19.2 Å². The van der Waals surface area contributed by atoms with E-state index in [-0.39, 0.29) is 18.6 Å². The van der Waals surface area contributed by atoms with Crippen molar-refractivity contribution >= 4 is 0 Å². The smallest absolute Gasteiger partial charge is 0.0504 e. The van der Waals surface area contributed by atoms with Crippen LogP contribution in [-0.2, 0) is 0 Å². The molecule has 0 atom stereocenters. The fraction of sp³-hybridized carbons (Fsp3) is 1.00. The van der Waals surface area contributed by atoms with Gasteiger partial charge >= 0.3 is 0 Å². The number of nitrogens with one attached hydrogen (secondary N) is 1. The largest absolute Gasteiger partial charge is 0.396 e. The van der Waals surface area contributed by atoms with E-state index in [0.29, 0.717) is 0 Å². The fourth-order valence-electron chi connectivity index (χ4n) is 0.300. The van der Waals surface area contributed by atoms with Gasteiger partial charge in [-0.25, -0.2) is 0 Å². The van der Waals surface area contributed by atoms with E-state index >= 15 is 0 Å². The van der Waals surface area contributed by atoms with E-state index in [4.69, 9.17) is 10.2 Å². The van der Waals surface area contributed by atoms with Crippen molar-refractivity contribution in [3.63, 3.8) is 0 Å². The van der Waals surface area contributed by atoms with Crippen molar-refractivity contribution in [2.45, 2.75) is 27.7 Å². The Labute approximate surface area is 75.8 Å². The van der Waals surface area contributed by atoms with Crippen molar-refractivity contribution in [3.8, 4) is 0 Å². The minimum absolute atomic E-state index is 0.0451. The van der Waals surface area contributed by atoms with Gasteiger partial charge in [-0.3, -0.25) is 0 Å². The molecule has 3 nitrogen and oxygen atoms in total. The van der Waals surface area contributed by atoms with Crippen LogP contribution in [0.2, 0.25) is 0 Å². The van der Waals surface area contributed by atoms with Crippen LogP contribution in [0.5, 0.6) is 0 Å². The van der Waals surface area contributed by atoms with Gasteiger partial charge in [-0.1, -0.05) is 27.7 Å². The normalized spacial score (nSPS) is 10.5. The molecule has 0 unspecified atom stereocenters. The lowest BCUT2D eigenvalue weighted by molar-refractivity contribution is 0.0857. The number of hydrogen-bond acceptors (Lipinski definition) is 3. The van der Waals surface area contributed by atoms with Crippen LogP contribution >= 0.6 is 0 Å². The highest BCUT2D eigenvalue weighted by Gasteiger charge is 2.13. The Bertz CT molecular complexity index is 76.6. The minimum Gasteiger partial charge on any atom is -0.396 e. The molecule has 0 aromatic heterocycles. The molecule has 0 heterocycles. The number of aliphatic hydroxyl groups excluding tert-OH is 2. The van der Waals surface area contributed by atoms with E-state index in [9.17, 15) is 0 Å². The van der Waals surface area contributed by atoms with E-state index < -0.39 is 0 Å². The quantitative estimate of drug-likeness (QED) is 0.590. The summed E-state index contributed by atoms with van der Waals surface area (Å²) in [5.74, 6) is 0. The summed E-state index contributed by atoms with van der Waals surface area (Å²) in [5, 5.41) is 20.0. The van der Waals surface area contributed by atoms with Crippen molar-refractivity contribution in [3.05, 3.63) is 0 Å². The lowest BCUT2D eigenvalue weighted by atomic mass is 9.97. The molecule has 0 aliphatic carbocycles. The molecule has 0 aromatic rings. The van der Waals surface area contributed by atoms with Crippen molar-refractivity contribution in [1.29, 1.82) is 0 Å². The van der Waals surface area contributed by atoms with Gasteiger partial charge in [0.25, 0.3) is 0 Å². The molecule has 12 heavy (non-hydrogen) atoms. The van der Waals surface area contributed by atoms with Gasteiger partial charge in [-0.15, -0.1) is 0 Å². The second kappa shape index (κ2) is 8.97. The zero-order valence-electron chi connectivity index (χ0n) is 8.72. The monoisotopic (exact) mass is 177 g/mol. The average Bonchev–Trinajstić information content (AvgIpc) is 2.07. The van der Waals surface area contributed by atoms with E-state index in [1.807, 2.05) is 0 Å². The zero-order valence-corrected chi connectivity index (χ0v) is 8.72. The summed E-state index contributed by atoms with van der Waals surface area (Å²) in [7, 11) is 0. The van der Waals surface area contributed by atoms with Gasteiger partial charge in [-0.2, -0.15) is 0 Å². The fourth-order valence-corrected chi connectivity index (χ4v) is 0.300. The van der Waals surface area contributed by atoms with Crippen molar-refractivity contribution < 1.29 is 10.2 Å². The first-order valence-electron chi connectivity index (χ1n) is 4.46. The molecule has 76 valence electrons. The van der Waals surface area contributed by atoms with Gasteiger partial charge in [0, 0.05) is 5.41 Å². The predicted octanol–water partition coefficient (Wildman–Crippen LogP) is 0.613. The highest BCUT2D eigenvalue weighted by atomic mass is 16.3. The first-order chi connectivity index (χ1) is 5.54. The first kappa shape index (κ1) is 14.4. The third-order valence-electron chi connectivity index (χ3n) is 1.36. The topological polar surface area (TPSA) is 52.5 Å². The SMILES string of the molecule is CC(C)(CO)CO.CCNCC. The summed E-state index contributed by atoms with van der Waals surface area (Å²) < 4.78 is 0. The molecule has 3 N–H and O–H groups in total. The lowest BCUT2D eigenvalue weighted by Gasteiger charge is -2.16. The van der Waals surface area contributed by atoms with Crippen LogP contribution in [0.4, 0.5) is 0 Å². The molecule has 0 radical (unpaired) electrons. The van der Waals surface area contributed by atoms with Crippen LogP contribution in [0.15, 0.2) is 0 Å². The van der Waals surface area contributed by atoms with Crippen LogP contribution < -0.4 is 5.32 Å². The van der Waals surface area contributed by atoms with Crippen molar-refractivity contribution in [2.75, 3.05) is 26.3 Å². The molecule has 0 rings (SSSR count). The molecule has 0 amide bonds. The molecule has 0 saturated carbocycles. The molecule has 0 aliphatic rings. The van der Waals surface area contributed by atoms with E-state index in [1.54, 1.807) is 13.8 Å². The lowest BCUT2D eigenvalue weighted by Crippen LogP contribution is -2.20. The van der Waals surface area contributed by atoms with Crippen LogP contribution in [0.25, 0.3) is 0 Å². The average molecular weight is 177 g/mol. The second-order valence-electron chi connectivity index (χ2n) is 3.44. The first-order valence-corrected chi connectivity index (χ1v) is 4.46. The maximum Gasteiger partial charge on any atom is 0.0504 e. The zero-order chi connectivity index (χ0) is 10.0. The van der Waals surface area contributed by atoms with Gasteiger partial charge in [0.1, 0.15) is 0 Å². The standard InChI is InChI=1S/C5H12O2.C4H11N/c1-5(2,3-6)4-7;1-3-5-4-2/h6-7H,3-4H2,1-2H3;5H,3-4H2,1-2H3. The number of aliphatic hydroxyl groups is 2. The molecule has 0 aromatic carbocycles. The van der Waals surface area contributed by atoms with Crippen molar-refractivity contribution in [2.24, 2.45) is 5.41 Å². The summed E-state index contributed by atoms with van der Waals surface area (Å²) in [6.07, 6.45) is 0. The highest BCUT2D eigenvalue weighted by molar-refractivity contribution is 4.62. The molecular formula is C9H23NO2. The van der Waals surface area contributed by atoms with Crippen LogP contribution in [-0.4, -0.2) is 36.5 Å². The molecular weight excluding hydrogens is 154 g/mol. The highest BCUT2D eigenvalue weighted by Crippen LogP contribution is 2.10. The molecule has 0 spiro atoms. The summed E-state index contributed by atoms with van der Waals surface area (Å²) in [4.78, 5) is 0.